The van der Waals surface area contributed by atoms with Crippen LogP contribution in [-0.4, -0.2) is 22.4 Å². The monoisotopic (exact) mass is 271 g/mol. The lowest BCUT2D eigenvalue weighted by atomic mass is 10.0. The molecule has 2 aromatic rings. The molecule has 1 heterocycles. The van der Waals surface area contributed by atoms with E-state index in [1.807, 2.05) is 18.2 Å². The highest BCUT2D eigenvalue weighted by Gasteiger charge is 2.64. The Balaban J connectivity index is 1.68. The van der Waals surface area contributed by atoms with Gasteiger partial charge in [-0.05, 0) is 34.9 Å². The third-order valence-corrected chi connectivity index (χ3v) is 5.47. The molecular formula is C16H21N3O. The molecule has 4 nitrogen and oxygen atoms in total. The quantitative estimate of drug-likeness (QED) is 0.901. The number of carbonyl (C=O) groups is 1. The summed E-state index contributed by atoms with van der Waals surface area (Å²) in [5.74, 6) is 0.523. The zero-order chi connectivity index (χ0) is 14.5. The Morgan fingerprint density at radius 2 is 2.00 bits per heavy atom. The molecule has 1 fully saturated rings. The molecule has 1 aliphatic rings. The number of carbonyl (C=O) groups excluding carboxylic acids is 1. The van der Waals surface area contributed by atoms with Crippen molar-refractivity contribution < 1.29 is 4.79 Å². The number of hydrogen-bond donors (Lipinski definition) is 2. The number of nitrogens with zero attached hydrogens (tertiary/aromatic N) is 1. The summed E-state index contributed by atoms with van der Waals surface area (Å²) in [6.45, 7) is 9.79. The van der Waals surface area contributed by atoms with Crippen LogP contribution in [0.3, 0.4) is 0 Å². The van der Waals surface area contributed by atoms with Gasteiger partial charge >= 0.3 is 0 Å². The van der Waals surface area contributed by atoms with E-state index >= 15 is 0 Å². The Morgan fingerprint density at radius 1 is 1.30 bits per heavy atom. The van der Waals surface area contributed by atoms with Gasteiger partial charge in [0.1, 0.15) is 0 Å². The zero-order valence-corrected chi connectivity index (χ0v) is 12.4. The Kier molecular flexibility index (Phi) is 2.68. The van der Waals surface area contributed by atoms with Crippen molar-refractivity contribution >= 4 is 16.9 Å². The Hall–Kier alpha value is -1.84. The SMILES string of the molecule is CC1(C)C(CNC(=O)c2ccc3nc[nH]c3c2)C1(C)C. The first kappa shape index (κ1) is 13.2. The van der Waals surface area contributed by atoms with Crippen LogP contribution >= 0.6 is 0 Å². The number of rotatable bonds is 3. The molecule has 1 amide bonds. The lowest BCUT2D eigenvalue weighted by Crippen LogP contribution is -2.27. The topological polar surface area (TPSA) is 57.8 Å². The summed E-state index contributed by atoms with van der Waals surface area (Å²) in [4.78, 5) is 19.4. The predicted molar refractivity (Wildman–Crippen MR) is 79.5 cm³/mol. The van der Waals surface area contributed by atoms with E-state index in [1.54, 1.807) is 6.33 Å². The molecule has 0 atom stereocenters. The first-order chi connectivity index (χ1) is 9.34. The molecule has 1 aromatic heterocycles. The molecule has 106 valence electrons. The minimum absolute atomic E-state index is 0.0139. The van der Waals surface area contributed by atoms with E-state index in [-0.39, 0.29) is 5.91 Å². The number of hydrogen-bond acceptors (Lipinski definition) is 2. The molecule has 2 N–H and O–H groups in total. The smallest absolute Gasteiger partial charge is 0.251 e. The maximum atomic E-state index is 12.2. The summed E-state index contributed by atoms with van der Waals surface area (Å²) in [5, 5.41) is 3.06. The van der Waals surface area contributed by atoms with Crippen LogP contribution in [0.5, 0.6) is 0 Å². The van der Waals surface area contributed by atoms with Crippen molar-refractivity contribution in [1.82, 2.24) is 15.3 Å². The number of imidazole rings is 1. The highest BCUT2D eigenvalue weighted by molar-refractivity contribution is 5.97. The normalized spacial score (nSPS) is 20.0. The second-order valence-electron chi connectivity index (χ2n) is 6.84. The fourth-order valence-corrected chi connectivity index (χ4v) is 3.22. The van der Waals surface area contributed by atoms with Gasteiger partial charge < -0.3 is 10.3 Å². The largest absolute Gasteiger partial charge is 0.352 e. The van der Waals surface area contributed by atoms with E-state index < -0.39 is 0 Å². The first-order valence-electron chi connectivity index (χ1n) is 7.05. The Bertz CT molecular complexity index is 655. The first-order valence-corrected chi connectivity index (χ1v) is 7.05. The van der Waals surface area contributed by atoms with Crippen molar-refractivity contribution in [2.24, 2.45) is 16.7 Å². The third-order valence-electron chi connectivity index (χ3n) is 5.47. The summed E-state index contributed by atoms with van der Waals surface area (Å²) in [6.07, 6.45) is 1.64. The maximum absolute atomic E-state index is 12.2. The minimum atomic E-state index is -0.0139. The standard InChI is InChI=1S/C16H21N3O/c1-15(2)13(16(15,3)4)8-17-14(20)10-5-6-11-12(7-10)19-9-18-11/h5-7,9,13H,8H2,1-4H3,(H,17,20)(H,18,19). The number of nitrogens with one attached hydrogen (secondary N) is 2. The maximum Gasteiger partial charge on any atom is 0.251 e. The molecular weight excluding hydrogens is 250 g/mol. The number of H-pyrrole nitrogens is 1. The fraction of sp³-hybridized carbons (Fsp3) is 0.500. The average molecular weight is 271 g/mol. The van der Waals surface area contributed by atoms with E-state index in [9.17, 15) is 4.79 Å². The van der Waals surface area contributed by atoms with Crippen molar-refractivity contribution in [3.8, 4) is 0 Å². The van der Waals surface area contributed by atoms with E-state index in [1.165, 1.54) is 0 Å². The van der Waals surface area contributed by atoms with Gasteiger partial charge in [0, 0.05) is 12.1 Å². The lowest BCUT2D eigenvalue weighted by Gasteiger charge is -2.06. The van der Waals surface area contributed by atoms with Gasteiger partial charge in [0.25, 0.3) is 5.91 Å². The Morgan fingerprint density at radius 3 is 2.65 bits per heavy atom. The van der Waals surface area contributed by atoms with Crippen LogP contribution in [0, 0.1) is 16.7 Å². The van der Waals surface area contributed by atoms with E-state index in [0.717, 1.165) is 17.6 Å². The summed E-state index contributed by atoms with van der Waals surface area (Å²) in [6, 6.07) is 5.54. The number of aromatic amines is 1. The molecule has 0 radical (unpaired) electrons. The van der Waals surface area contributed by atoms with Gasteiger partial charge in [0.15, 0.2) is 0 Å². The average Bonchev–Trinajstić information content (AvgIpc) is 2.75. The van der Waals surface area contributed by atoms with Crippen molar-refractivity contribution in [2.45, 2.75) is 27.7 Å². The lowest BCUT2D eigenvalue weighted by molar-refractivity contribution is 0.0950. The zero-order valence-electron chi connectivity index (χ0n) is 12.4. The molecule has 4 heteroatoms. The van der Waals surface area contributed by atoms with Crippen LogP contribution in [-0.2, 0) is 0 Å². The van der Waals surface area contributed by atoms with Crippen LogP contribution < -0.4 is 5.32 Å². The summed E-state index contributed by atoms with van der Waals surface area (Å²) < 4.78 is 0. The van der Waals surface area contributed by atoms with Crippen LogP contribution in [0.4, 0.5) is 0 Å². The summed E-state index contributed by atoms with van der Waals surface area (Å²) in [5.41, 5.74) is 3.05. The van der Waals surface area contributed by atoms with Gasteiger partial charge in [0.2, 0.25) is 0 Å². The molecule has 3 rings (SSSR count). The predicted octanol–water partition coefficient (Wildman–Crippen LogP) is 2.97. The second kappa shape index (κ2) is 4.08. The second-order valence-corrected chi connectivity index (χ2v) is 6.84. The van der Waals surface area contributed by atoms with Crippen LogP contribution in [0.2, 0.25) is 0 Å². The summed E-state index contributed by atoms with van der Waals surface area (Å²) >= 11 is 0. The molecule has 0 saturated heterocycles. The molecule has 20 heavy (non-hydrogen) atoms. The Labute approximate surface area is 119 Å². The highest BCUT2D eigenvalue weighted by atomic mass is 16.1. The summed E-state index contributed by atoms with van der Waals surface area (Å²) in [7, 11) is 0. The van der Waals surface area contributed by atoms with Crippen molar-refractivity contribution in [3.05, 3.63) is 30.1 Å². The molecule has 0 aliphatic heterocycles. The van der Waals surface area contributed by atoms with Crippen molar-refractivity contribution in [3.63, 3.8) is 0 Å². The number of aromatic nitrogens is 2. The molecule has 1 aromatic carbocycles. The minimum Gasteiger partial charge on any atom is -0.352 e. The van der Waals surface area contributed by atoms with Gasteiger partial charge in [0.05, 0.1) is 17.4 Å². The number of amides is 1. The molecule has 0 spiro atoms. The number of fused-ring (bicyclic) bond motifs is 1. The van der Waals surface area contributed by atoms with E-state index in [2.05, 4.69) is 43.0 Å². The van der Waals surface area contributed by atoms with Crippen LogP contribution in [0.25, 0.3) is 11.0 Å². The fourth-order valence-electron chi connectivity index (χ4n) is 3.22. The van der Waals surface area contributed by atoms with Gasteiger partial charge in [-0.15, -0.1) is 0 Å². The van der Waals surface area contributed by atoms with Crippen molar-refractivity contribution in [1.29, 1.82) is 0 Å². The van der Waals surface area contributed by atoms with E-state index in [0.29, 0.717) is 22.3 Å². The third kappa shape index (κ3) is 1.82. The highest BCUT2D eigenvalue weighted by Crippen LogP contribution is 2.67. The molecule has 1 aliphatic carbocycles. The van der Waals surface area contributed by atoms with Gasteiger partial charge in [-0.1, -0.05) is 27.7 Å². The number of benzene rings is 1. The van der Waals surface area contributed by atoms with Gasteiger partial charge in [-0.2, -0.15) is 0 Å². The van der Waals surface area contributed by atoms with Crippen LogP contribution in [0.15, 0.2) is 24.5 Å². The van der Waals surface area contributed by atoms with E-state index in [4.69, 9.17) is 0 Å². The molecule has 1 saturated carbocycles. The van der Waals surface area contributed by atoms with Gasteiger partial charge in [-0.3, -0.25) is 4.79 Å². The van der Waals surface area contributed by atoms with Gasteiger partial charge in [-0.25, -0.2) is 4.98 Å². The van der Waals surface area contributed by atoms with Crippen LogP contribution in [0.1, 0.15) is 38.1 Å². The van der Waals surface area contributed by atoms with Crippen molar-refractivity contribution in [2.75, 3.05) is 6.54 Å². The molecule has 0 bridgehead atoms. The molecule has 0 unspecified atom stereocenters.